The first kappa shape index (κ1) is 8.71. The molecule has 1 aliphatic rings. The summed E-state index contributed by atoms with van der Waals surface area (Å²) in [5.74, 6) is 0. The van der Waals surface area contributed by atoms with Gasteiger partial charge in [-0.2, -0.15) is 0 Å². The Morgan fingerprint density at radius 2 is 2.18 bits per heavy atom. The SMILES string of the molecule is C=CC(OC)N1CCOCC1. The fourth-order valence-electron chi connectivity index (χ4n) is 1.23. The lowest BCUT2D eigenvalue weighted by atomic mass is 10.4. The Kier molecular flexibility index (Phi) is 3.56. The molecule has 1 unspecified atom stereocenters. The first-order valence-corrected chi connectivity index (χ1v) is 3.85. The molecule has 3 nitrogen and oxygen atoms in total. The highest BCUT2D eigenvalue weighted by Gasteiger charge is 2.16. The summed E-state index contributed by atoms with van der Waals surface area (Å²) in [5, 5.41) is 0. The zero-order chi connectivity index (χ0) is 8.10. The molecule has 1 atom stereocenters. The number of hydrogen-bond donors (Lipinski definition) is 0. The van der Waals surface area contributed by atoms with Gasteiger partial charge in [0.2, 0.25) is 0 Å². The second-order valence-electron chi connectivity index (χ2n) is 2.51. The summed E-state index contributed by atoms with van der Waals surface area (Å²) in [6.07, 6.45) is 1.87. The molecular formula is C8H15NO2. The van der Waals surface area contributed by atoms with E-state index in [0.717, 1.165) is 26.3 Å². The van der Waals surface area contributed by atoms with Gasteiger partial charge >= 0.3 is 0 Å². The predicted molar refractivity (Wildman–Crippen MR) is 43.4 cm³/mol. The highest BCUT2D eigenvalue weighted by atomic mass is 16.5. The fourth-order valence-corrected chi connectivity index (χ4v) is 1.23. The molecule has 0 aromatic carbocycles. The summed E-state index contributed by atoms with van der Waals surface area (Å²) in [6.45, 7) is 7.17. The monoisotopic (exact) mass is 157 g/mol. The van der Waals surface area contributed by atoms with E-state index in [4.69, 9.17) is 9.47 Å². The molecule has 0 aromatic rings. The van der Waals surface area contributed by atoms with E-state index in [1.807, 2.05) is 6.08 Å². The molecule has 1 fully saturated rings. The molecule has 1 rings (SSSR count). The van der Waals surface area contributed by atoms with Crippen molar-refractivity contribution in [1.29, 1.82) is 0 Å². The van der Waals surface area contributed by atoms with Gasteiger partial charge in [-0.25, -0.2) is 0 Å². The van der Waals surface area contributed by atoms with E-state index in [1.165, 1.54) is 0 Å². The average Bonchev–Trinajstić information content (AvgIpc) is 2.09. The molecule has 0 bridgehead atoms. The van der Waals surface area contributed by atoms with Gasteiger partial charge in [0, 0.05) is 20.2 Å². The van der Waals surface area contributed by atoms with E-state index in [9.17, 15) is 0 Å². The summed E-state index contributed by atoms with van der Waals surface area (Å²) in [5.41, 5.74) is 0. The molecule has 64 valence electrons. The quantitative estimate of drug-likeness (QED) is 0.556. The lowest BCUT2D eigenvalue weighted by Gasteiger charge is -2.31. The predicted octanol–water partition coefficient (Wildman–Crippen LogP) is 0.477. The van der Waals surface area contributed by atoms with Gasteiger partial charge in [-0.3, -0.25) is 4.90 Å². The molecule has 0 spiro atoms. The summed E-state index contributed by atoms with van der Waals surface area (Å²) in [6, 6.07) is 0. The first-order chi connectivity index (χ1) is 5.38. The van der Waals surface area contributed by atoms with Gasteiger partial charge in [0.1, 0.15) is 6.23 Å². The Morgan fingerprint density at radius 3 is 2.64 bits per heavy atom. The van der Waals surface area contributed by atoms with Gasteiger partial charge in [-0.05, 0) is 6.08 Å². The second-order valence-corrected chi connectivity index (χ2v) is 2.51. The number of methoxy groups -OCH3 is 1. The van der Waals surface area contributed by atoms with Gasteiger partial charge in [0.15, 0.2) is 0 Å². The van der Waals surface area contributed by atoms with Crippen molar-refractivity contribution in [3.63, 3.8) is 0 Å². The molecule has 1 aliphatic heterocycles. The largest absolute Gasteiger partial charge is 0.379 e. The second kappa shape index (κ2) is 4.49. The standard InChI is InChI=1S/C8H15NO2/c1-3-8(10-2)9-4-6-11-7-5-9/h3,8H,1,4-7H2,2H3. The summed E-state index contributed by atoms with van der Waals surface area (Å²) in [4.78, 5) is 2.20. The molecule has 0 saturated carbocycles. The molecule has 1 saturated heterocycles. The molecular weight excluding hydrogens is 142 g/mol. The lowest BCUT2D eigenvalue weighted by molar-refractivity contribution is -0.0545. The highest BCUT2D eigenvalue weighted by Crippen LogP contribution is 2.04. The maximum Gasteiger partial charge on any atom is 0.129 e. The van der Waals surface area contributed by atoms with Crippen LogP contribution in [-0.4, -0.2) is 44.5 Å². The van der Waals surface area contributed by atoms with Crippen molar-refractivity contribution >= 4 is 0 Å². The molecule has 1 heterocycles. The van der Waals surface area contributed by atoms with Crippen LogP contribution in [0.3, 0.4) is 0 Å². The fraction of sp³-hybridized carbons (Fsp3) is 0.750. The normalized spacial score (nSPS) is 23.0. The van der Waals surface area contributed by atoms with Crippen LogP contribution in [0.2, 0.25) is 0 Å². The Morgan fingerprint density at radius 1 is 1.55 bits per heavy atom. The minimum absolute atomic E-state index is 0.0545. The van der Waals surface area contributed by atoms with Crippen molar-refractivity contribution in [2.75, 3.05) is 33.4 Å². The Bertz CT molecular complexity index is 121. The minimum atomic E-state index is 0.0545. The molecule has 0 aliphatic carbocycles. The van der Waals surface area contributed by atoms with E-state index in [-0.39, 0.29) is 6.23 Å². The first-order valence-electron chi connectivity index (χ1n) is 3.85. The average molecular weight is 157 g/mol. The van der Waals surface area contributed by atoms with Crippen LogP contribution < -0.4 is 0 Å². The molecule has 11 heavy (non-hydrogen) atoms. The van der Waals surface area contributed by atoms with Crippen molar-refractivity contribution in [2.24, 2.45) is 0 Å². The minimum Gasteiger partial charge on any atom is -0.379 e. The molecule has 0 radical (unpaired) electrons. The topological polar surface area (TPSA) is 21.7 Å². The maximum atomic E-state index is 5.21. The third kappa shape index (κ3) is 2.29. The van der Waals surface area contributed by atoms with Gasteiger partial charge in [-0.1, -0.05) is 6.58 Å². The van der Waals surface area contributed by atoms with Gasteiger partial charge in [-0.15, -0.1) is 0 Å². The van der Waals surface area contributed by atoms with E-state index in [2.05, 4.69) is 11.5 Å². The van der Waals surface area contributed by atoms with Crippen molar-refractivity contribution in [2.45, 2.75) is 6.23 Å². The van der Waals surface area contributed by atoms with Crippen LogP contribution in [0.1, 0.15) is 0 Å². The number of hydrogen-bond acceptors (Lipinski definition) is 3. The Labute approximate surface area is 67.6 Å². The van der Waals surface area contributed by atoms with E-state index in [0.29, 0.717) is 0 Å². The van der Waals surface area contributed by atoms with Crippen LogP contribution in [0.5, 0.6) is 0 Å². The Balaban J connectivity index is 2.35. The maximum absolute atomic E-state index is 5.21. The molecule has 0 aromatic heterocycles. The summed E-state index contributed by atoms with van der Waals surface area (Å²) in [7, 11) is 1.70. The zero-order valence-corrected chi connectivity index (χ0v) is 6.95. The zero-order valence-electron chi connectivity index (χ0n) is 6.95. The van der Waals surface area contributed by atoms with Crippen molar-refractivity contribution in [3.8, 4) is 0 Å². The molecule has 3 heteroatoms. The van der Waals surface area contributed by atoms with Crippen LogP contribution in [0, 0.1) is 0 Å². The third-order valence-corrected chi connectivity index (χ3v) is 1.85. The summed E-state index contributed by atoms with van der Waals surface area (Å²) >= 11 is 0. The number of ether oxygens (including phenoxy) is 2. The van der Waals surface area contributed by atoms with Gasteiger partial charge in [0.05, 0.1) is 13.2 Å². The molecule has 0 amide bonds. The highest BCUT2D eigenvalue weighted by molar-refractivity contribution is 4.81. The van der Waals surface area contributed by atoms with Crippen molar-refractivity contribution in [3.05, 3.63) is 12.7 Å². The van der Waals surface area contributed by atoms with Crippen LogP contribution in [0.15, 0.2) is 12.7 Å². The van der Waals surface area contributed by atoms with Gasteiger partial charge < -0.3 is 9.47 Å². The van der Waals surface area contributed by atoms with E-state index in [1.54, 1.807) is 7.11 Å². The van der Waals surface area contributed by atoms with E-state index >= 15 is 0 Å². The number of rotatable bonds is 3. The summed E-state index contributed by atoms with van der Waals surface area (Å²) < 4.78 is 10.4. The van der Waals surface area contributed by atoms with Crippen LogP contribution in [0.25, 0.3) is 0 Å². The number of nitrogens with zero attached hydrogens (tertiary/aromatic N) is 1. The van der Waals surface area contributed by atoms with Crippen molar-refractivity contribution < 1.29 is 9.47 Å². The van der Waals surface area contributed by atoms with Crippen LogP contribution in [-0.2, 0) is 9.47 Å². The smallest absolute Gasteiger partial charge is 0.129 e. The van der Waals surface area contributed by atoms with Crippen LogP contribution >= 0.6 is 0 Å². The lowest BCUT2D eigenvalue weighted by Crippen LogP contribution is -2.43. The van der Waals surface area contributed by atoms with E-state index < -0.39 is 0 Å². The Hall–Kier alpha value is -0.380. The molecule has 0 N–H and O–H groups in total. The van der Waals surface area contributed by atoms with Crippen molar-refractivity contribution in [1.82, 2.24) is 4.90 Å². The number of morpholine rings is 1. The van der Waals surface area contributed by atoms with Crippen LogP contribution in [0.4, 0.5) is 0 Å². The van der Waals surface area contributed by atoms with Gasteiger partial charge in [0.25, 0.3) is 0 Å². The third-order valence-electron chi connectivity index (χ3n) is 1.85.